The first kappa shape index (κ1) is 22.9. The van der Waals surface area contributed by atoms with Gasteiger partial charge >= 0.3 is 5.97 Å². The predicted octanol–water partition coefficient (Wildman–Crippen LogP) is 3.88. The number of fused-ring (bicyclic) bond motifs is 1. The predicted molar refractivity (Wildman–Crippen MR) is 120 cm³/mol. The number of aromatic nitrogens is 1. The number of hydrogen-bond acceptors (Lipinski definition) is 7. The van der Waals surface area contributed by atoms with Crippen LogP contribution in [0.15, 0.2) is 40.9 Å². The summed E-state index contributed by atoms with van der Waals surface area (Å²) in [6.45, 7) is 4.42. The SMILES string of the molecule is Cc1noc(C)c1CCNC(=O)c1ccc(Oc2cc3c(cc2C#N)C(C(=O)O)CCO3)cc1. The Morgan fingerprint density at radius 2 is 2.03 bits per heavy atom. The van der Waals surface area contributed by atoms with Gasteiger partial charge in [0, 0.05) is 29.3 Å². The van der Waals surface area contributed by atoms with Crippen LogP contribution in [0.4, 0.5) is 0 Å². The van der Waals surface area contributed by atoms with Crippen molar-refractivity contribution in [3.8, 4) is 23.3 Å². The number of carboxylic acid groups (broad SMARTS) is 1. The van der Waals surface area contributed by atoms with E-state index in [9.17, 15) is 20.0 Å². The zero-order chi connectivity index (χ0) is 24.2. The van der Waals surface area contributed by atoms with Gasteiger partial charge in [0.2, 0.25) is 0 Å². The van der Waals surface area contributed by atoms with Gasteiger partial charge in [0.1, 0.15) is 29.1 Å². The number of nitrogens with one attached hydrogen (secondary N) is 1. The van der Waals surface area contributed by atoms with Crippen LogP contribution in [0.5, 0.6) is 17.2 Å². The Kier molecular flexibility index (Phi) is 6.50. The normalized spacial score (nSPS) is 14.4. The van der Waals surface area contributed by atoms with E-state index in [4.69, 9.17) is 14.0 Å². The minimum absolute atomic E-state index is 0.205. The van der Waals surface area contributed by atoms with Crippen LogP contribution in [-0.4, -0.2) is 35.3 Å². The average Bonchev–Trinajstić information content (AvgIpc) is 3.15. The fourth-order valence-electron chi connectivity index (χ4n) is 3.91. The van der Waals surface area contributed by atoms with Crippen molar-refractivity contribution in [2.24, 2.45) is 0 Å². The number of carboxylic acids is 1. The van der Waals surface area contributed by atoms with E-state index >= 15 is 0 Å². The van der Waals surface area contributed by atoms with Crippen LogP contribution in [0.25, 0.3) is 0 Å². The molecule has 0 bridgehead atoms. The summed E-state index contributed by atoms with van der Waals surface area (Å²) < 4.78 is 16.6. The molecular formula is C25H23N3O6. The highest BCUT2D eigenvalue weighted by molar-refractivity contribution is 5.94. The summed E-state index contributed by atoms with van der Waals surface area (Å²) in [6, 6.07) is 11.6. The van der Waals surface area contributed by atoms with Crippen LogP contribution >= 0.6 is 0 Å². The van der Waals surface area contributed by atoms with E-state index in [1.165, 1.54) is 12.1 Å². The van der Waals surface area contributed by atoms with Gasteiger partial charge in [-0.3, -0.25) is 9.59 Å². The van der Waals surface area contributed by atoms with E-state index in [0.29, 0.717) is 42.0 Å². The Balaban J connectivity index is 1.43. The summed E-state index contributed by atoms with van der Waals surface area (Å²) in [5.41, 5.74) is 2.93. The highest BCUT2D eigenvalue weighted by atomic mass is 16.5. The molecule has 2 aromatic carbocycles. The molecule has 1 atom stereocenters. The van der Waals surface area contributed by atoms with Crippen molar-refractivity contribution in [1.29, 1.82) is 5.26 Å². The van der Waals surface area contributed by atoms with E-state index < -0.39 is 11.9 Å². The molecule has 0 saturated heterocycles. The molecule has 1 aromatic heterocycles. The number of carbonyl (C=O) groups is 2. The third-order valence-corrected chi connectivity index (χ3v) is 5.76. The summed E-state index contributed by atoms with van der Waals surface area (Å²) in [7, 11) is 0. The minimum atomic E-state index is -0.956. The largest absolute Gasteiger partial charge is 0.493 e. The maximum absolute atomic E-state index is 12.5. The number of ether oxygens (including phenoxy) is 2. The van der Waals surface area contributed by atoms with Crippen molar-refractivity contribution in [2.75, 3.05) is 13.2 Å². The van der Waals surface area contributed by atoms with Crippen molar-refractivity contribution < 1.29 is 28.7 Å². The van der Waals surface area contributed by atoms with Crippen LogP contribution in [0.3, 0.4) is 0 Å². The summed E-state index contributed by atoms with van der Waals surface area (Å²) in [5.74, 6) is -0.0860. The lowest BCUT2D eigenvalue weighted by atomic mass is 9.91. The number of hydrogen-bond donors (Lipinski definition) is 2. The molecule has 0 radical (unpaired) electrons. The highest BCUT2D eigenvalue weighted by Crippen LogP contribution is 2.39. The van der Waals surface area contributed by atoms with Crippen LogP contribution < -0.4 is 14.8 Å². The molecule has 9 nitrogen and oxygen atoms in total. The molecule has 0 aliphatic carbocycles. The highest BCUT2D eigenvalue weighted by Gasteiger charge is 2.29. The van der Waals surface area contributed by atoms with Crippen LogP contribution in [-0.2, 0) is 11.2 Å². The molecule has 174 valence electrons. The van der Waals surface area contributed by atoms with Crippen molar-refractivity contribution in [2.45, 2.75) is 32.6 Å². The lowest BCUT2D eigenvalue weighted by Gasteiger charge is -2.24. The Morgan fingerprint density at radius 3 is 2.68 bits per heavy atom. The fraction of sp³-hybridized carbons (Fsp3) is 0.280. The number of amides is 1. The Morgan fingerprint density at radius 1 is 1.26 bits per heavy atom. The molecule has 2 N–H and O–H groups in total. The number of aryl methyl sites for hydroxylation is 2. The second-order valence-corrected chi connectivity index (χ2v) is 7.96. The third kappa shape index (κ3) is 4.71. The second kappa shape index (κ2) is 9.67. The van der Waals surface area contributed by atoms with Gasteiger partial charge in [-0.2, -0.15) is 5.26 Å². The lowest BCUT2D eigenvalue weighted by molar-refractivity contribution is -0.139. The summed E-state index contributed by atoms with van der Waals surface area (Å²) in [5, 5.41) is 25.8. The van der Waals surface area contributed by atoms with Gasteiger partial charge in [0.15, 0.2) is 0 Å². The Bertz CT molecular complexity index is 1250. The third-order valence-electron chi connectivity index (χ3n) is 5.76. The lowest BCUT2D eigenvalue weighted by Crippen LogP contribution is -2.25. The zero-order valence-electron chi connectivity index (χ0n) is 18.8. The van der Waals surface area contributed by atoms with Crippen molar-refractivity contribution >= 4 is 11.9 Å². The number of rotatable bonds is 7. The fourth-order valence-corrected chi connectivity index (χ4v) is 3.91. The molecule has 1 aliphatic heterocycles. The first-order valence-electron chi connectivity index (χ1n) is 10.8. The van der Waals surface area contributed by atoms with Crippen molar-refractivity contribution in [1.82, 2.24) is 10.5 Å². The molecule has 9 heteroatoms. The van der Waals surface area contributed by atoms with Gasteiger partial charge < -0.3 is 24.4 Å². The number of nitriles is 1. The molecule has 1 amide bonds. The molecule has 1 unspecified atom stereocenters. The average molecular weight is 461 g/mol. The van der Waals surface area contributed by atoms with E-state index in [2.05, 4.69) is 10.5 Å². The molecule has 0 saturated carbocycles. The van der Waals surface area contributed by atoms with Crippen molar-refractivity contribution in [3.05, 3.63) is 70.1 Å². The van der Waals surface area contributed by atoms with Crippen LogP contribution in [0.2, 0.25) is 0 Å². The molecule has 4 rings (SSSR count). The molecule has 0 spiro atoms. The maximum Gasteiger partial charge on any atom is 0.311 e. The first-order chi connectivity index (χ1) is 16.4. The zero-order valence-corrected chi connectivity index (χ0v) is 18.8. The molecule has 2 heterocycles. The summed E-state index contributed by atoms with van der Waals surface area (Å²) in [4.78, 5) is 24.0. The molecule has 3 aromatic rings. The number of nitrogens with zero attached hydrogens (tertiary/aromatic N) is 2. The van der Waals surface area contributed by atoms with Crippen LogP contribution in [0.1, 0.15) is 50.8 Å². The van der Waals surface area contributed by atoms with Gasteiger partial charge in [-0.25, -0.2) is 0 Å². The Labute approximate surface area is 195 Å². The topological polar surface area (TPSA) is 135 Å². The number of aliphatic carboxylic acids is 1. The molecule has 1 aliphatic rings. The standard InChI is InChI=1S/C25H23N3O6/c1-14-19(15(2)34-28-14)7-9-27-24(29)16-3-5-18(6-4-16)33-22-12-23-21(11-17(22)13-26)20(25(30)31)8-10-32-23/h3-6,11-12,20H,7-10H2,1-2H3,(H,27,29)(H,30,31). The van der Waals surface area contributed by atoms with E-state index in [1.807, 2.05) is 19.9 Å². The van der Waals surface area contributed by atoms with E-state index in [-0.39, 0.29) is 23.8 Å². The van der Waals surface area contributed by atoms with Gasteiger partial charge in [0.25, 0.3) is 5.91 Å². The maximum atomic E-state index is 12.5. The van der Waals surface area contributed by atoms with Crippen molar-refractivity contribution in [3.63, 3.8) is 0 Å². The number of benzene rings is 2. The van der Waals surface area contributed by atoms with E-state index in [1.54, 1.807) is 24.3 Å². The molecule has 0 fully saturated rings. The second-order valence-electron chi connectivity index (χ2n) is 7.96. The minimum Gasteiger partial charge on any atom is -0.493 e. The van der Waals surface area contributed by atoms with Gasteiger partial charge in [-0.1, -0.05) is 5.16 Å². The summed E-state index contributed by atoms with van der Waals surface area (Å²) in [6.07, 6.45) is 0.962. The first-order valence-corrected chi connectivity index (χ1v) is 10.8. The van der Waals surface area contributed by atoms with Crippen LogP contribution in [0, 0.1) is 25.2 Å². The van der Waals surface area contributed by atoms with Gasteiger partial charge in [-0.15, -0.1) is 0 Å². The quantitative estimate of drug-likeness (QED) is 0.541. The van der Waals surface area contributed by atoms with Gasteiger partial charge in [0.05, 0.1) is 23.8 Å². The smallest absolute Gasteiger partial charge is 0.311 e. The number of carbonyl (C=O) groups excluding carboxylic acids is 1. The monoisotopic (exact) mass is 461 g/mol. The van der Waals surface area contributed by atoms with Gasteiger partial charge in [-0.05, 0) is 57.0 Å². The Hall–Kier alpha value is -4.32. The molecule has 34 heavy (non-hydrogen) atoms. The molecular weight excluding hydrogens is 438 g/mol. The van der Waals surface area contributed by atoms with E-state index in [0.717, 1.165) is 17.0 Å². The summed E-state index contributed by atoms with van der Waals surface area (Å²) >= 11 is 0.